The first-order valence-corrected chi connectivity index (χ1v) is 8.15. The quantitative estimate of drug-likeness (QED) is 0.273. The molecule has 0 N–H and O–H groups in total. The molecule has 3 rings (SSSR count). The van der Waals surface area contributed by atoms with Crippen molar-refractivity contribution < 1.29 is 14.1 Å². The van der Waals surface area contributed by atoms with Gasteiger partial charge in [0.2, 0.25) is 5.78 Å². The van der Waals surface area contributed by atoms with Gasteiger partial charge in [0.25, 0.3) is 5.69 Å². The first-order valence-electron chi connectivity index (χ1n) is 7.78. The highest BCUT2D eigenvalue weighted by molar-refractivity contribution is 6.33. The van der Waals surface area contributed by atoms with Gasteiger partial charge >= 0.3 is 0 Å². The van der Waals surface area contributed by atoms with Crippen LogP contribution in [0.25, 0.3) is 17.4 Å². The number of aromatic nitrogens is 2. The van der Waals surface area contributed by atoms with Crippen LogP contribution < -0.4 is 0 Å². The average Bonchev–Trinajstić information content (AvgIpc) is 3.29. The van der Waals surface area contributed by atoms with Crippen molar-refractivity contribution in [1.82, 2.24) is 9.78 Å². The van der Waals surface area contributed by atoms with Crippen LogP contribution in [-0.2, 0) is 6.54 Å². The van der Waals surface area contributed by atoms with Gasteiger partial charge < -0.3 is 4.42 Å². The molecule has 0 aliphatic heterocycles. The number of benzene rings is 1. The van der Waals surface area contributed by atoms with Crippen LogP contribution in [0.5, 0.6) is 0 Å². The van der Waals surface area contributed by atoms with E-state index in [0.717, 1.165) is 0 Å². The smallest absolute Gasteiger partial charge is 0.270 e. The van der Waals surface area contributed by atoms with Gasteiger partial charge in [0.15, 0.2) is 0 Å². The van der Waals surface area contributed by atoms with E-state index in [2.05, 4.69) is 5.10 Å². The summed E-state index contributed by atoms with van der Waals surface area (Å²) in [5.74, 6) is 0.610. The molecule has 0 amide bonds. The number of non-ortho nitro benzene ring substituents is 1. The number of hydrogen-bond acceptors (Lipinski definition) is 5. The normalized spacial score (nSPS) is 11.2. The maximum absolute atomic E-state index is 12.2. The second-order valence-corrected chi connectivity index (χ2v) is 5.76. The van der Waals surface area contributed by atoms with E-state index in [0.29, 0.717) is 34.3 Å². The van der Waals surface area contributed by atoms with Crippen molar-refractivity contribution in [1.29, 1.82) is 0 Å². The van der Waals surface area contributed by atoms with Gasteiger partial charge in [0.1, 0.15) is 17.2 Å². The number of rotatable bonds is 6. The monoisotopic (exact) mass is 371 g/mol. The SMILES string of the molecule is CCn1nccc1C(=O)C=Cc1ccc(-c2cc([N+](=O)[O-])ccc2Cl)o1. The molecular weight excluding hydrogens is 358 g/mol. The van der Waals surface area contributed by atoms with E-state index in [1.807, 2.05) is 6.92 Å². The molecule has 0 fully saturated rings. The van der Waals surface area contributed by atoms with Crippen molar-refractivity contribution in [3.63, 3.8) is 0 Å². The van der Waals surface area contributed by atoms with Gasteiger partial charge in [-0.05, 0) is 43.3 Å². The van der Waals surface area contributed by atoms with E-state index in [1.54, 1.807) is 29.1 Å². The minimum Gasteiger partial charge on any atom is -0.457 e. The first kappa shape index (κ1) is 17.6. The molecule has 0 saturated heterocycles. The number of halogens is 1. The summed E-state index contributed by atoms with van der Waals surface area (Å²) in [6.07, 6.45) is 4.49. The highest BCUT2D eigenvalue weighted by Gasteiger charge is 2.14. The van der Waals surface area contributed by atoms with E-state index in [1.165, 1.54) is 30.4 Å². The molecule has 0 saturated carbocycles. The summed E-state index contributed by atoms with van der Waals surface area (Å²) in [5.41, 5.74) is 0.814. The van der Waals surface area contributed by atoms with Crippen LogP contribution in [0.4, 0.5) is 5.69 Å². The lowest BCUT2D eigenvalue weighted by atomic mass is 10.1. The number of ketones is 1. The summed E-state index contributed by atoms with van der Waals surface area (Å²) >= 11 is 6.11. The van der Waals surface area contributed by atoms with E-state index < -0.39 is 4.92 Å². The van der Waals surface area contributed by atoms with Gasteiger partial charge in [0.05, 0.1) is 9.95 Å². The molecule has 0 radical (unpaired) electrons. The third-order valence-corrected chi connectivity index (χ3v) is 4.05. The first-order chi connectivity index (χ1) is 12.5. The Kier molecular flexibility index (Phi) is 4.99. The lowest BCUT2D eigenvalue weighted by Gasteiger charge is -2.01. The Morgan fingerprint density at radius 2 is 2.15 bits per heavy atom. The van der Waals surface area contributed by atoms with Crippen LogP contribution in [0.15, 0.2) is 53.1 Å². The molecule has 0 spiro atoms. The lowest BCUT2D eigenvalue weighted by Crippen LogP contribution is -2.07. The van der Waals surface area contributed by atoms with Gasteiger partial charge in [-0.15, -0.1) is 0 Å². The van der Waals surface area contributed by atoms with Crippen molar-refractivity contribution >= 4 is 29.1 Å². The zero-order valence-electron chi connectivity index (χ0n) is 13.8. The summed E-state index contributed by atoms with van der Waals surface area (Å²) in [6.45, 7) is 2.49. The van der Waals surface area contributed by atoms with E-state index in [-0.39, 0.29) is 11.5 Å². The molecule has 0 aliphatic rings. The Hall–Kier alpha value is -3.19. The van der Waals surface area contributed by atoms with Gasteiger partial charge in [-0.1, -0.05) is 11.6 Å². The summed E-state index contributed by atoms with van der Waals surface area (Å²) in [7, 11) is 0. The maximum atomic E-state index is 12.2. The van der Waals surface area contributed by atoms with Crippen LogP contribution in [0.1, 0.15) is 23.2 Å². The Balaban J connectivity index is 1.83. The molecule has 26 heavy (non-hydrogen) atoms. The predicted molar refractivity (Wildman–Crippen MR) is 97.1 cm³/mol. The number of carbonyl (C=O) groups excluding carboxylic acids is 1. The van der Waals surface area contributed by atoms with Crippen LogP contribution in [0.3, 0.4) is 0 Å². The van der Waals surface area contributed by atoms with E-state index in [9.17, 15) is 14.9 Å². The Labute approximate surface area is 153 Å². The van der Waals surface area contributed by atoms with Gasteiger partial charge in [-0.3, -0.25) is 19.6 Å². The summed E-state index contributed by atoms with van der Waals surface area (Å²) in [5, 5.41) is 15.3. The third-order valence-electron chi connectivity index (χ3n) is 3.72. The molecule has 132 valence electrons. The van der Waals surface area contributed by atoms with Crippen LogP contribution in [0, 0.1) is 10.1 Å². The average molecular weight is 372 g/mol. The molecular formula is C18H14ClN3O4. The number of carbonyl (C=O) groups is 1. The zero-order valence-corrected chi connectivity index (χ0v) is 14.5. The minimum atomic E-state index is -0.501. The Morgan fingerprint density at radius 3 is 2.88 bits per heavy atom. The van der Waals surface area contributed by atoms with Gasteiger partial charge in [-0.2, -0.15) is 5.10 Å². The molecule has 2 aromatic heterocycles. The van der Waals surface area contributed by atoms with Crippen LogP contribution in [0.2, 0.25) is 5.02 Å². The van der Waals surface area contributed by atoms with E-state index >= 15 is 0 Å². The molecule has 3 aromatic rings. The largest absolute Gasteiger partial charge is 0.457 e. The van der Waals surface area contributed by atoms with Gasteiger partial charge in [0, 0.05) is 30.4 Å². The summed E-state index contributed by atoms with van der Waals surface area (Å²) in [4.78, 5) is 22.6. The van der Waals surface area contributed by atoms with Crippen LogP contribution >= 0.6 is 11.6 Å². The fraction of sp³-hybridized carbons (Fsp3) is 0.111. The van der Waals surface area contributed by atoms with Crippen molar-refractivity contribution in [3.8, 4) is 11.3 Å². The standard InChI is InChI=1S/C18H14ClN3O4/c1-2-21-16(9-10-20-21)17(23)7-4-13-5-8-18(26-13)14-11-12(22(24)25)3-6-15(14)19/h3-11H,2H2,1H3. The number of hydrogen-bond donors (Lipinski definition) is 0. The predicted octanol–water partition coefficient (Wildman–Crippen LogP) is 4.62. The molecule has 0 bridgehead atoms. The number of nitrogens with zero attached hydrogens (tertiary/aromatic N) is 3. The Bertz CT molecular complexity index is 1000. The third kappa shape index (κ3) is 3.57. The fourth-order valence-corrected chi connectivity index (χ4v) is 2.65. The summed E-state index contributed by atoms with van der Waals surface area (Å²) < 4.78 is 7.24. The lowest BCUT2D eigenvalue weighted by molar-refractivity contribution is -0.384. The second kappa shape index (κ2) is 7.37. The number of nitro groups is 1. The molecule has 1 aromatic carbocycles. The highest BCUT2D eigenvalue weighted by Crippen LogP contribution is 2.32. The number of aryl methyl sites for hydroxylation is 1. The van der Waals surface area contributed by atoms with Crippen molar-refractivity contribution in [2.75, 3.05) is 0 Å². The van der Waals surface area contributed by atoms with Crippen LogP contribution in [-0.4, -0.2) is 20.5 Å². The molecule has 0 aliphatic carbocycles. The highest BCUT2D eigenvalue weighted by atomic mass is 35.5. The molecule has 8 heteroatoms. The molecule has 0 atom stereocenters. The summed E-state index contributed by atoms with van der Waals surface area (Å²) in [6, 6.07) is 9.07. The van der Waals surface area contributed by atoms with Crippen molar-refractivity contribution in [2.24, 2.45) is 0 Å². The molecule has 7 nitrogen and oxygen atoms in total. The second-order valence-electron chi connectivity index (χ2n) is 5.35. The van der Waals surface area contributed by atoms with E-state index in [4.69, 9.17) is 16.0 Å². The maximum Gasteiger partial charge on any atom is 0.270 e. The fourth-order valence-electron chi connectivity index (χ4n) is 2.44. The van der Waals surface area contributed by atoms with Crippen molar-refractivity contribution in [3.05, 3.63) is 75.3 Å². The van der Waals surface area contributed by atoms with Crippen molar-refractivity contribution in [2.45, 2.75) is 13.5 Å². The zero-order chi connectivity index (χ0) is 18.7. The molecule has 2 heterocycles. The Morgan fingerprint density at radius 1 is 1.35 bits per heavy atom. The minimum absolute atomic E-state index is 0.0825. The number of allylic oxidation sites excluding steroid dienone is 1. The number of furan rings is 1. The number of nitro benzene ring substituents is 1. The topological polar surface area (TPSA) is 91.2 Å². The molecule has 0 unspecified atom stereocenters. The van der Waals surface area contributed by atoms with Gasteiger partial charge in [-0.25, -0.2) is 0 Å².